The highest BCUT2D eigenvalue weighted by Crippen LogP contribution is 2.20. The molecule has 0 radical (unpaired) electrons. The van der Waals surface area contributed by atoms with Crippen molar-refractivity contribution in [2.45, 2.75) is 26.2 Å². The van der Waals surface area contributed by atoms with E-state index in [4.69, 9.17) is 4.74 Å². The SMILES string of the molecule is CCC1CCCN(C(=O)N2CCOCC2)C1. The third-order valence-corrected chi connectivity index (χ3v) is 3.65. The number of carbonyl (C=O) groups is 1. The summed E-state index contributed by atoms with van der Waals surface area (Å²) in [4.78, 5) is 16.2. The molecule has 4 nitrogen and oxygen atoms in total. The molecule has 0 N–H and O–H groups in total. The van der Waals surface area contributed by atoms with Crippen LogP contribution in [0.2, 0.25) is 0 Å². The van der Waals surface area contributed by atoms with Gasteiger partial charge in [-0.3, -0.25) is 0 Å². The van der Waals surface area contributed by atoms with Crippen LogP contribution in [0.5, 0.6) is 0 Å². The number of urea groups is 1. The molecule has 0 saturated carbocycles. The highest BCUT2D eigenvalue weighted by atomic mass is 16.5. The largest absolute Gasteiger partial charge is 0.378 e. The first-order valence-corrected chi connectivity index (χ1v) is 6.43. The molecule has 16 heavy (non-hydrogen) atoms. The van der Waals surface area contributed by atoms with Crippen LogP contribution in [0, 0.1) is 5.92 Å². The lowest BCUT2D eigenvalue weighted by atomic mass is 9.96. The number of morpholine rings is 1. The van der Waals surface area contributed by atoms with Crippen molar-refractivity contribution in [2.24, 2.45) is 5.92 Å². The number of carbonyl (C=O) groups excluding carboxylic acids is 1. The average Bonchev–Trinajstić information content (AvgIpc) is 2.39. The monoisotopic (exact) mass is 226 g/mol. The Morgan fingerprint density at radius 1 is 1.25 bits per heavy atom. The van der Waals surface area contributed by atoms with E-state index in [0.29, 0.717) is 19.1 Å². The number of rotatable bonds is 1. The van der Waals surface area contributed by atoms with Crippen molar-refractivity contribution in [1.82, 2.24) is 9.80 Å². The predicted octanol–water partition coefficient (Wildman–Crippen LogP) is 1.56. The summed E-state index contributed by atoms with van der Waals surface area (Å²) in [5.74, 6) is 0.707. The maximum atomic E-state index is 12.2. The Morgan fingerprint density at radius 2 is 2.00 bits per heavy atom. The Morgan fingerprint density at radius 3 is 2.69 bits per heavy atom. The van der Waals surface area contributed by atoms with Gasteiger partial charge < -0.3 is 14.5 Å². The van der Waals surface area contributed by atoms with Gasteiger partial charge in [-0.2, -0.15) is 0 Å². The molecule has 1 atom stereocenters. The van der Waals surface area contributed by atoms with Crippen LogP contribution in [0.15, 0.2) is 0 Å². The van der Waals surface area contributed by atoms with Gasteiger partial charge in [0.15, 0.2) is 0 Å². The fourth-order valence-corrected chi connectivity index (χ4v) is 2.53. The first kappa shape index (κ1) is 11.7. The molecule has 2 aliphatic heterocycles. The first-order chi connectivity index (χ1) is 7.81. The van der Waals surface area contributed by atoms with Gasteiger partial charge in [-0.05, 0) is 18.8 Å². The lowest BCUT2D eigenvalue weighted by Gasteiger charge is -2.37. The van der Waals surface area contributed by atoms with Crippen molar-refractivity contribution in [2.75, 3.05) is 39.4 Å². The minimum atomic E-state index is 0.224. The number of hydrogen-bond acceptors (Lipinski definition) is 2. The molecule has 1 unspecified atom stereocenters. The van der Waals surface area contributed by atoms with Crippen LogP contribution in [-0.2, 0) is 4.74 Å². The minimum Gasteiger partial charge on any atom is -0.378 e. The molecule has 2 amide bonds. The summed E-state index contributed by atoms with van der Waals surface area (Å²) in [5.41, 5.74) is 0. The Bertz CT molecular complexity index is 239. The summed E-state index contributed by atoms with van der Waals surface area (Å²) in [5, 5.41) is 0. The Kier molecular flexibility index (Phi) is 4.04. The third kappa shape index (κ3) is 2.67. The normalized spacial score (nSPS) is 26.9. The molecule has 0 aliphatic carbocycles. The van der Waals surface area contributed by atoms with E-state index >= 15 is 0 Å². The average molecular weight is 226 g/mol. The highest BCUT2D eigenvalue weighted by molar-refractivity contribution is 5.74. The maximum absolute atomic E-state index is 12.2. The molecule has 2 fully saturated rings. The molecule has 0 aromatic rings. The standard InChI is InChI=1S/C12H22N2O2/c1-2-11-4-3-5-14(10-11)12(15)13-6-8-16-9-7-13/h11H,2-10H2,1H3. The maximum Gasteiger partial charge on any atom is 0.320 e. The quantitative estimate of drug-likeness (QED) is 0.679. The summed E-state index contributed by atoms with van der Waals surface area (Å²) in [6.45, 7) is 7.00. The van der Waals surface area contributed by atoms with E-state index < -0.39 is 0 Å². The topological polar surface area (TPSA) is 32.8 Å². The highest BCUT2D eigenvalue weighted by Gasteiger charge is 2.27. The number of amides is 2. The van der Waals surface area contributed by atoms with Crippen molar-refractivity contribution in [3.63, 3.8) is 0 Å². The zero-order valence-corrected chi connectivity index (χ0v) is 10.2. The lowest BCUT2D eigenvalue weighted by molar-refractivity contribution is 0.0391. The smallest absolute Gasteiger partial charge is 0.320 e. The van der Waals surface area contributed by atoms with Crippen LogP contribution in [0.1, 0.15) is 26.2 Å². The zero-order chi connectivity index (χ0) is 11.4. The number of likely N-dealkylation sites (tertiary alicyclic amines) is 1. The fraction of sp³-hybridized carbons (Fsp3) is 0.917. The Labute approximate surface area is 97.5 Å². The third-order valence-electron chi connectivity index (χ3n) is 3.65. The van der Waals surface area contributed by atoms with Crippen molar-refractivity contribution in [1.29, 1.82) is 0 Å². The number of ether oxygens (including phenoxy) is 1. The minimum absolute atomic E-state index is 0.224. The van der Waals surface area contributed by atoms with Crippen LogP contribution in [0.4, 0.5) is 4.79 Å². The summed E-state index contributed by atoms with van der Waals surface area (Å²) < 4.78 is 5.27. The predicted molar refractivity (Wildman–Crippen MR) is 62.4 cm³/mol. The van der Waals surface area contributed by atoms with Crippen molar-refractivity contribution >= 4 is 6.03 Å². The molecule has 2 saturated heterocycles. The van der Waals surface area contributed by atoms with Gasteiger partial charge in [-0.25, -0.2) is 4.79 Å². The van der Waals surface area contributed by atoms with E-state index in [1.54, 1.807) is 0 Å². The molecule has 2 heterocycles. The zero-order valence-electron chi connectivity index (χ0n) is 10.2. The Balaban J connectivity index is 1.87. The van der Waals surface area contributed by atoms with Gasteiger partial charge in [-0.1, -0.05) is 13.3 Å². The van der Waals surface area contributed by atoms with Crippen molar-refractivity contribution in [3.05, 3.63) is 0 Å². The molecule has 92 valence electrons. The summed E-state index contributed by atoms with van der Waals surface area (Å²) in [6, 6.07) is 0.224. The molecule has 2 rings (SSSR count). The van der Waals surface area contributed by atoms with Gasteiger partial charge in [0.25, 0.3) is 0 Å². The summed E-state index contributed by atoms with van der Waals surface area (Å²) in [6.07, 6.45) is 3.63. The summed E-state index contributed by atoms with van der Waals surface area (Å²) in [7, 11) is 0. The molecule has 0 aromatic heterocycles. The molecule has 0 bridgehead atoms. The van der Waals surface area contributed by atoms with Crippen LogP contribution >= 0.6 is 0 Å². The van der Waals surface area contributed by atoms with Gasteiger partial charge in [0.05, 0.1) is 13.2 Å². The molecule has 0 spiro atoms. The number of piperidine rings is 1. The van der Waals surface area contributed by atoms with E-state index in [-0.39, 0.29) is 6.03 Å². The molecular weight excluding hydrogens is 204 g/mol. The molecule has 2 aliphatic rings. The van der Waals surface area contributed by atoms with E-state index in [1.165, 1.54) is 12.8 Å². The van der Waals surface area contributed by atoms with Gasteiger partial charge in [0, 0.05) is 26.2 Å². The Hall–Kier alpha value is -0.770. The van der Waals surface area contributed by atoms with E-state index in [2.05, 4.69) is 6.92 Å². The van der Waals surface area contributed by atoms with Gasteiger partial charge >= 0.3 is 6.03 Å². The van der Waals surface area contributed by atoms with Crippen LogP contribution in [0.3, 0.4) is 0 Å². The van der Waals surface area contributed by atoms with Gasteiger partial charge in [0.1, 0.15) is 0 Å². The number of nitrogens with zero attached hydrogens (tertiary/aromatic N) is 2. The fourth-order valence-electron chi connectivity index (χ4n) is 2.53. The van der Waals surface area contributed by atoms with Crippen molar-refractivity contribution < 1.29 is 9.53 Å². The van der Waals surface area contributed by atoms with Crippen molar-refractivity contribution in [3.8, 4) is 0 Å². The van der Waals surface area contributed by atoms with Gasteiger partial charge in [0.2, 0.25) is 0 Å². The second-order valence-corrected chi connectivity index (χ2v) is 4.74. The summed E-state index contributed by atoms with van der Waals surface area (Å²) >= 11 is 0. The van der Waals surface area contributed by atoms with Crippen LogP contribution in [0.25, 0.3) is 0 Å². The van der Waals surface area contributed by atoms with E-state index in [1.807, 2.05) is 9.80 Å². The molecule has 4 heteroatoms. The van der Waals surface area contributed by atoms with E-state index in [0.717, 1.165) is 32.6 Å². The van der Waals surface area contributed by atoms with Crippen LogP contribution < -0.4 is 0 Å². The first-order valence-electron chi connectivity index (χ1n) is 6.43. The van der Waals surface area contributed by atoms with Gasteiger partial charge in [-0.15, -0.1) is 0 Å². The van der Waals surface area contributed by atoms with Crippen LogP contribution in [-0.4, -0.2) is 55.2 Å². The second-order valence-electron chi connectivity index (χ2n) is 4.74. The van der Waals surface area contributed by atoms with E-state index in [9.17, 15) is 4.79 Å². The molecular formula is C12H22N2O2. The number of hydrogen-bond donors (Lipinski definition) is 0. The lowest BCUT2D eigenvalue weighted by Crippen LogP contribution is -2.50. The second kappa shape index (κ2) is 5.53. The molecule has 0 aromatic carbocycles.